The molecule has 0 aromatic heterocycles. The molecule has 2 aliphatic rings. The third-order valence-corrected chi connectivity index (χ3v) is 3.16. The summed E-state index contributed by atoms with van der Waals surface area (Å²) in [6.45, 7) is 0. The minimum Gasteiger partial charge on any atom is -0.550 e. The summed E-state index contributed by atoms with van der Waals surface area (Å²) in [6, 6.07) is 0.720. The Hall–Kier alpha value is 1.66. The second-order valence-corrected chi connectivity index (χ2v) is 3.88. The molecule has 2 atom stereocenters. The molecule has 0 saturated carbocycles. The van der Waals surface area contributed by atoms with E-state index in [-0.39, 0.29) is 98.7 Å². The number of carbonyl (C=O) groups excluding carboxylic acids is 1. The Balaban J connectivity index is 0. The first-order chi connectivity index (χ1) is 6.74. The molecule has 0 aliphatic carbocycles. The summed E-state index contributed by atoms with van der Waals surface area (Å²) in [5, 5.41) is 0. The summed E-state index contributed by atoms with van der Waals surface area (Å²) in [5.41, 5.74) is 0.710. The Morgan fingerprint density at radius 1 is 1.53 bits per heavy atom. The Morgan fingerprint density at radius 2 is 2.18 bits per heavy atom. The number of esters is 1. The largest absolute Gasteiger partial charge is 2.00 e. The van der Waals surface area contributed by atoms with Crippen molar-refractivity contribution in [2.45, 2.75) is 31.3 Å². The van der Waals surface area contributed by atoms with E-state index in [0.717, 1.165) is 19.3 Å². The van der Waals surface area contributed by atoms with Gasteiger partial charge in [-0.3, -0.25) is 6.08 Å². The molecule has 3 nitrogen and oxygen atoms in total. The van der Waals surface area contributed by atoms with Crippen LogP contribution in [0.4, 0.5) is 0 Å². The zero-order valence-electron chi connectivity index (χ0n) is 11.0. The maximum atomic E-state index is 11.5. The fourth-order valence-electron chi connectivity index (χ4n) is 2.25. The molecule has 17 heavy (non-hydrogen) atoms. The Morgan fingerprint density at radius 3 is 2.76 bits per heavy atom. The molecule has 0 aromatic rings. The molecule has 2 heterocycles. The average Bonchev–Trinajstić information content (AvgIpc) is 2.17. The SMILES string of the molecule is COC(=O)C1=[C-]CC2C[CH-]CC1N2C.[CH3-].[Rb+].[W+2]. The van der Waals surface area contributed by atoms with Gasteiger partial charge in [0.15, 0.2) is 5.97 Å². The van der Waals surface area contributed by atoms with Crippen LogP contribution in [0.2, 0.25) is 0 Å². The van der Waals surface area contributed by atoms with Gasteiger partial charge in [-0.25, -0.2) is 0 Å². The molecule has 2 unspecified atom stereocenters. The van der Waals surface area contributed by atoms with Crippen LogP contribution in [0.15, 0.2) is 5.57 Å². The molecule has 2 rings (SSSR count). The van der Waals surface area contributed by atoms with Crippen LogP contribution in [-0.2, 0) is 30.6 Å². The number of fused-ring (bicyclic) bond motifs is 2. The molecule has 1 fully saturated rings. The van der Waals surface area contributed by atoms with Crippen LogP contribution in [0.25, 0.3) is 0 Å². The number of hydrogen-bond acceptors (Lipinski definition) is 3. The van der Waals surface area contributed by atoms with Crippen molar-refractivity contribution in [2.24, 2.45) is 0 Å². The van der Waals surface area contributed by atoms with Crippen LogP contribution in [0.1, 0.15) is 19.3 Å². The fourth-order valence-corrected chi connectivity index (χ4v) is 2.25. The second-order valence-electron chi connectivity index (χ2n) is 3.88. The van der Waals surface area contributed by atoms with Crippen LogP contribution < -0.4 is 58.2 Å². The molecule has 0 N–H and O–H groups in total. The third kappa shape index (κ3) is 4.61. The van der Waals surface area contributed by atoms with Crippen LogP contribution in [0.3, 0.4) is 0 Å². The number of ether oxygens (including phenoxy) is 1. The summed E-state index contributed by atoms with van der Waals surface area (Å²) in [5.74, 6) is -0.226. The number of piperidine rings is 1. The molecule has 2 bridgehead atoms. The van der Waals surface area contributed by atoms with Crippen molar-refractivity contribution in [3.8, 4) is 0 Å². The molecule has 90 valence electrons. The van der Waals surface area contributed by atoms with E-state index in [9.17, 15) is 4.79 Å². The topological polar surface area (TPSA) is 29.5 Å². The maximum absolute atomic E-state index is 11.5. The maximum Gasteiger partial charge on any atom is 2.00 e. The second kappa shape index (κ2) is 9.55. The van der Waals surface area contributed by atoms with Crippen LogP contribution >= 0.6 is 0 Å². The minimum absolute atomic E-state index is 0. The summed E-state index contributed by atoms with van der Waals surface area (Å²) >= 11 is 0. The fraction of sp³-hybridized carbons (Fsp3) is 0.583. The summed E-state index contributed by atoms with van der Waals surface area (Å²) in [4.78, 5) is 13.7. The number of likely N-dealkylation sites (N-methyl/N-ethyl adjacent to an activating group) is 1. The van der Waals surface area contributed by atoms with Crippen LogP contribution in [0, 0.1) is 19.9 Å². The van der Waals surface area contributed by atoms with E-state index in [0.29, 0.717) is 11.6 Å². The summed E-state index contributed by atoms with van der Waals surface area (Å²) in [7, 11) is 3.50. The Labute approximate surface area is 168 Å². The first kappa shape index (κ1) is 21.0. The first-order valence-corrected chi connectivity index (χ1v) is 4.96. The molecular formula is C12H18NO2RbW. The van der Waals surface area contributed by atoms with Crippen LogP contribution in [-0.4, -0.2) is 37.1 Å². The first-order valence-electron chi connectivity index (χ1n) is 4.96. The molecule has 5 heteroatoms. The van der Waals surface area contributed by atoms with Crippen molar-refractivity contribution < 1.29 is 88.8 Å². The Kier molecular flexibility index (Phi) is 11.8. The molecule has 0 radical (unpaired) electrons. The van der Waals surface area contributed by atoms with Gasteiger partial charge < -0.3 is 28.3 Å². The number of rotatable bonds is 1. The molecule has 2 aliphatic heterocycles. The van der Waals surface area contributed by atoms with Crippen molar-refractivity contribution in [2.75, 3.05) is 14.2 Å². The van der Waals surface area contributed by atoms with Gasteiger partial charge in [-0.15, -0.1) is 5.57 Å². The van der Waals surface area contributed by atoms with Crippen molar-refractivity contribution in [3.05, 3.63) is 25.5 Å². The standard InChI is InChI=1S/C11H15NO2.CH3.Rb.W/c1-12-8-4-3-5-10(12)9(7-6-8)11(13)14-2;;;/h3,8,10H,4-6H2,1-2H3;1H3;;/q-2;-1;+1;+2. The van der Waals surface area contributed by atoms with Gasteiger partial charge in [0.25, 0.3) is 0 Å². The molecule has 1 saturated heterocycles. The van der Waals surface area contributed by atoms with E-state index >= 15 is 0 Å². The monoisotopic (exact) mass is 477 g/mol. The van der Waals surface area contributed by atoms with E-state index in [1.54, 1.807) is 0 Å². The predicted octanol–water partition coefficient (Wildman–Crippen LogP) is -1.59. The van der Waals surface area contributed by atoms with Gasteiger partial charge >= 0.3 is 79.3 Å². The van der Waals surface area contributed by atoms with Crippen molar-refractivity contribution in [3.63, 3.8) is 0 Å². The number of methoxy groups -OCH3 is 1. The van der Waals surface area contributed by atoms with Crippen molar-refractivity contribution >= 4 is 5.97 Å². The van der Waals surface area contributed by atoms with E-state index in [2.05, 4.69) is 24.4 Å². The third-order valence-electron chi connectivity index (χ3n) is 3.16. The van der Waals surface area contributed by atoms with Gasteiger partial charge in [0.2, 0.25) is 0 Å². The van der Waals surface area contributed by atoms with E-state index < -0.39 is 0 Å². The van der Waals surface area contributed by atoms with Crippen LogP contribution in [0.5, 0.6) is 0 Å². The van der Waals surface area contributed by atoms with E-state index in [1.807, 2.05) is 0 Å². The zero-order chi connectivity index (χ0) is 10.1. The zero-order valence-corrected chi connectivity index (χ0v) is 18.9. The smallest absolute Gasteiger partial charge is 0.550 e. The van der Waals surface area contributed by atoms with Gasteiger partial charge in [-0.1, -0.05) is 6.42 Å². The van der Waals surface area contributed by atoms with Crippen molar-refractivity contribution in [1.29, 1.82) is 0 Å². The van der Waals surface area contributed by atoms with Gasteiger partial charge in [-0.2, -0.15) is 12.8 Å². The van der Waals surface area contributed by atoms with Gasteiger partial charge in [0.05, 0.1) is 7.11 Å². The number of nitrogens with zero attached hydrogens (tertiary/aromatic N) is 1. The normalized spacial score (nSPS) is 26.6. The van der Waals surface area contributed by atoms with E-state index in [1.165, 1.54) is 7.11 Å². The quantitative estimate of drug-likeness (QED) is 0.337. The molecule has 0 amide bonds. The minimum atomic E-state index is -0.226. The predicted molar refractivity (Wildman–Crippen MR) is 58.7 cm³/mol. The molecule has 0 aromatic carbocycles. The van der Waals surface area contributed by atoms with Crippen molar-refractivity contribution in [1.82, 2.24) is 4.90 Å². The van der Waals surface area contributed by atoms with Gasteiger partial charge in [-0.05, 0) is 19.1 Å². The average molecular weight is 478 g/mol. The number of hydrogen-bond donors (Lipinski definition) is 0. The summed E-state index contributed by atoms with van der Waals surface area (Å²) < 4.78 is 4.75. The Bertz CT molecular complexity index is 284. The van der Waals surface area contributed by atoms with E-state index in [4.69, 9.17) is 4.74 Å². The molecule has 0 spiro atoms. The van der Waals surface area contributed by atoms with Gasteiger partial charge in [0, 0.05) is 0 Å². The molecular weight excluding hydrogens is 459 g/mol. The number of carbonyl (C=O) groups is 1. The van der Waals surface area contributed by atoms with Gasteiger partial charge in [0.1, 0.15) is 0 Å². The summed E-state index contributed by atoms with van der Waals surface area (Å²) in [6.07, 6.45) is 8.33.